The van der Waals surface area contributed by atoms with Crippen LogP contribution in [0.25, 0.3) is 52.2 Å². The maximum Gasteiger partial charge on any atom is 0.252 e. The zero-order valence-corrected chi connectivity index (χ0v) is 21.3. The molecule has 0 amide bonds. The molecule has 11 rings (SSSR count). The number of nitrogens with zero attached hydrogens (tertiary/aromatic N) is 2. The molecular weight excluding hydrogens is 487 g/mol. The van der Waals surface area contributed by atoms with Crippen LogP contribution in [0.4, 0.5) is 0 Å². The molecular formula is C32H17BN2S2. The smallest absolute Gasteiger partial charge is 0.252 e. The topological polar surface area (TPSA) is 9.86 Å². The van der Waals surface area contributed by atoms with Gasteiger partial charge in [0.2, 0.25) is 0 Å². The van der Waals surface area contributed by atoms with Gasteiger partial charge >= 0.3 is 0 Å². The largest absolute Gasteiger partial charge is 0.308 e. The van der Waals surface area contributed by atoms with Gasteiger partial charge in [0, 0.05) is 24.2 Å². The highest BCUT2D eigenvalue weighted by Crippen LogP contribution is 2.45. The van der Waals surface area contributed by atoms with Crippen molar-refractivity contribution in [2.75, 3.05) is 0 Å². The van der Waals surface area contributed by atoms with Crippen LogP contribution in [0.15, 0.2) is 78.9 Å². The van der Waals surface area contributed by atoms with E-state index >= 15 is 0 Å². The van der Waals surface area contributed by atoms with Gasteiger partial charge in [-0.2, -0.15) is 0 Å². The van der Waals surface area contributed by atoms with Gasteiger partial charge in [0.25, 0.3) is 6.71 Å². The van der Waals surface area contributed by atoms with Crippen molar-refractivity contribution in [3.8, 4) is 11.4 Å². The number of hydrogen-bond donors (Lipinski definition) is 0. The van der Waals surface area contributed by atoms with E-state index in [1.807, 2.05) is 22.7 Å². The van der Waals surface area contributed by atoms with Crippen molar-refractivity contribution in [2.45, 2.75) is 12.8 Å². The summed E-state index contributed by atoms with van der Waals surface area (Å²) in [5.74, 6) is 0. The van der Waals surface area contributed by atoms with Crippen LogP contribution in [0.2, 0.25) is 0 Å². The van der Waals surface area contributed by atoms with Crippen molar-refractivity contribution in [1.29, 1.82) is 0 Å². The lowest BCUT2D eigenvalue weighted by molar-refractivity contribution is 1.03. The third-order valence-corrected chi connectivity index (χ3v) is 11.3. The molecule has 0 radical (unpaired) electrons. The average Bonchev–Trinajstić information content (AvgIpc) is 2.93. The molecule has 5 aromatic carbocycles. The summed E-state index contributed by atoms with van der Waals surface area (Å²) >= 11 is 3.94. The predicted molar refractivity (Wildman–Crippen MR) is 159 cm³/mol. The van der Waals surface area contributed by atoms with Crippen molar-refractivity contribution in [3.05, 3.63) is 101 Å². The average molecular weight is 504 g/mol. The number of rotatable bonds is 0. The molecule has 0 N–H and O–H groups in total. The number of benzene rings is 5. The molecule has 0 atom stereocenters. The SMILES string of the molecule is c1cc2c3c(c1)B1c4cccc5c4-n4c6c(cccc6sc6cc7sc8cccc(c8n-3c7c1c64)C2)C5. The second-order valence-corrected chi connectivity index (χ2v) is 13.1. The van der Waals surface area contributed by atoms with E-state index in [4.69, 9.17) is 0 Å². The first-order chi connectivity index (χ1) is 18.3. The molecule has 4 aliphatic heterocycles. The summed E-state index contributed by atoms with van der Waals surface area (Å²) in [6.07, 6.45) is 2.02. The van der Waals surface area contributed by atoms with E-state index in [1.165, 1.54) is 90.9 Å². The zero-order valence-electron chi connectivity index (χ0n) is 19.7. The van der Waals surface area contributed by atoms with Gasteiger partial charge in [-0.1, -0.05) is 60.7 Å². The highest BCUT2D eigenvalue weighted by atomic mass is 32.1. The maximum atomic E-state index is 2.65. The highest BCUT2D eigenvalue weighted by molar-refractivity contribution is 7.27. The Kier molecular flexibility index (Phi) is 2.92. The standard InChI is InChI=1S/C32H17BN2S2/c1-5-16-13-18-7-3-11-22-29(18)34-27(16)20(9-1)33-21-10-2-6-17-14-19-8-4-12-23-30(19)35(28(17)21)32-25(37-23)15-24(36-22)31(34)26(32)33/h1-12,15H,13-14H2. The van der Waals surface area contributed by atoms with Crippen LogP contribution in [0.1, 0.15) is 22.3 Å². The molecule has 5 heteroatoms. The Balaban J connectivity index is 1.54. The first-order valence-corrected chi connectivity index (χ1v) is 14.6. The number of aromatic nitrogens is 2. The first-order valence-electron chi connectivity index (χ1n) is 13.0. The van der Waals surface area contributed by atoms with E-state index < -0.39 is 0 Å². The van der Waals surface area contributed by atoms with Crippen LogP contribution < -0.4 is 16.4 Å². The van der Waals surface area contributed by atoms with Gasteiger partial charge in [-0.25, -0.2) is 0 Å². The maximum absolute atomic E-state index is 2.65. The molecule has 0 fully saturated rings. The lowest BCUT2D eigenvalue weighted by atomic mass is 9.34. The summed E-state index contributed by atoms with van der Waals surface area (Å²) in [5, 5.41) is 0. The molecule has 37 heavy (non-hydrogen) atoms. The molecule has 0 bridgehead atoms. The second kappa shape index (κ2) is 5.85. The molecule has 2 aromatic heterocycles. The van der Waals surface area contributed by atoms with E-state index in [0.29, 0.717) is 0 Å². The first kappa shape index (κ1) is 18.4. The Morgan fingerprint density at radius 3 is 1.54 bits per heavy atom. The fourth-order valence-corrected chi connectivity index (χ4v) is 10.4. The summed E-state index contributed by atoms with van der Waals surface area (Å²) in [6, 6.07) is 30.4. The van der Waals surface area contributed by atoms with Gasteiger partial charge in [-0.3, -0.25) is 0 Å². The molecule has 0 saturated carbocycles. The minimum Gasteiger partial charge on any atom is -0.308 e. The Labute approximate surface area is 220 Å². The molecule has 2 nitrogen and oxygen atoms in total. The van der Waals surface area contributed by atoms with Crippen molar-refractivity contribution in [1.82, 2.24) is 9.13 Å². The van der Waals surface area contributed by atoms with Crippen molar-refractivity contribution >= 4 is 86.6 Å². The fourth-order valence-electron chi connectivity index (χ4n) is 7.93. The van der Waals surface area contributed by atoms with E-state index in [9.17, 15) is 0 Å². The summed E-state index contributed by atoms with van der Waals surface area (Å²) in [5.41, 5.74) is 18.8. The van der Waals surface area contributed by atoms with E-state index in [1.54, 1.807) is 0 Å². The number of fused-ring (bicyclic) bond motifs is 2. The number of para-hydroxylation sites is 4. The van der Waals surface area contributed by atoms with E-state index in [0.717, 1.165) is 12.8 Å². The van der Waals surface area contributed by atoms with Gasteiger partial charge in [0.1, 0.15) is 0 Å². The van der Waals surface area contributed by atoms with Crippen LogP contribution in [-0.2, 0) is 12.8 Å². The van der Waals surface area contributed by atoms with E-state index in [-0.39, 0.29) is 6.71 Å². The van der Waals surface area contributed by atoms with Crippen LogP contribution in [0.5, 0.6) is 0 Å². The second-order valence-electron chi connectivity index (χ2n) is 10.9. The van der Waals surface area contributed by atoms with Gasteiger partial charge in [0.15, 0.2) is 0 Å². The monoisotopic (exact) mass is 504 g/mol. The van der Waals surface area contributed by atoms with Crippen molar-refractivity contribution < 1.29 is 0 Å². The van der Waals surface area contributed by atoms with Gasteiger partial charge in [0.05, 0.1) is 40.9 Å². The van der Waals surface area contributed by atoms with Crippen molar-refractivity contribution in [2.24, 2.45) is 0 Å². The quantitative estimate of drug-likeness (QED) is 0.175. The molecule has 0 aliphatic carbocycles. The Morgan fingerprint density at radius 1 is 0.514 bits per heavy atom. The van der Waals surface area contributed by atoms with Crippen LogP contribution in [0, 0.1) is 0 Å². The normalized spacial score (nSPS) is 14.8. The zero-order chi connectivity index (χ0) is 23.6. The molecule has 170 valence electrons. The summed E-state index contributed by atoms with van der Waals surface area (Å²) < 4.78 is 10.9. The van der Waals surface area contributed by atoms with Crippen LogP contribution >= 0.6 is 22.7 Å². The van der Waals surface area contributed by atoms with Gasteiger partial charge in [-0.05, 0) is 56.8 Å². The molecule has 4 aliphatic rings. The lowest BCUT2D eigenvalue weighted by Gasteiger charge is -2.40. The van der Waals surface area contributed by atoms with Crippen LogP contribution in [-0.4, -0.2) is 15.8 Å². The van der Waals surface area contributed by atoms with E-state index in [2.05, 4.69) is 88.0 Å². The Bertz CT molecular complexity index is 2170. The van der Waals surface area contributed by atoms with Gasteiger partial charge < -0.3 is 9.13 Å². The molecule has 7 aromatic rings. The summed E-state index contributed by atoms with van der Waals surface area (Å²) in [4.78, 5) is 0. The molecule has 6 heterocycles. The molecule has 0 unspecified atom stereocenters. The predicted octanol–water partition coefficient (Wildman–Crippen LogP) is 6.08. The van der Waals surface area contributed by atoms with Gasteiger partial charge in [-0.15, -0.1) is 22.7 Å². The van der Waals surface area contributed by atoms with Crippen LogP contribution in [0.3, 0.4) is 0 Å². The lowest BCUT2D eigenvalue weighted by Crippen LogP contribution is -2.60. The Hall–Kier alpha value is -3.80. The summed E-state index contributed by atoms with van der Waals surface area (Å²) in [6.45, 7) is 0.265. The minimum atomic E-state index is 0.265. The van der Waals surface area contributed by atoms with Crippen molar-refractivity contribution in [3.63, 3.8) is 0 Å². The number of hydrogen-bond acceptors (Lipinski definition) is 2. The summed E-state index contributed by atoms with van der Waals surface area (Å²) in [7, 11) is 0. The molecule has 0 spiro atoms. The molecule has 0 saturated heterocycles. The third kappa shape index (κ3) is 1.90. The fraction of sp³-hybridized carbons (Fsp3) is 0.0625. The third-order valence-electron chi connectivity index (χ3n) is 9.16. The minimum absolute atomic E-state index is 0.265. The highest BCUT2D eigenvalue weighted by Gasteiger charge is 2.42. The Morgan fingerprint density at radius 2 is 1.00 bits per heavy atom.